The minimum Gasteiger partial charge on any atom is -0.302 e. The van der Waals surface area contributed by atoms with E-state index in [9.17, 15) is 13.2 Å². The minimum absolute atomic E-state index is 0.0826. The molecule has 1 amide bonds. The van der Waals surface area contributed by atoms with Gasteiger partial charge in [0.25, 0.3) is 0 Å². The van der Waals surface area contributed by atoms with Crippen LogP contribution in [-0.2, 0) is 14.8 Å². The van der Waals surface area contributed by atoms with Crippen molar-refractivity contribution in [3.8, 4) is 0 Å². The normalized spacial score (nSPS) is 16.4. The van der Waals surface area contributed by atoms with Gasteiger partial charge in [-0.25, -0.2) is 13.4 Å². The summed E-state index contributed by atoms with van der Waals surface area (Å²) in [7, 11) is -3.58. The Morgan fingerprint density at radius 1 is 1.15 bits per heavy atom. The third-order valence-electron chi connectivity index (χ3n) is 5.38. The first-order valence-corrected chi connectivity index (χ1v) is 11.3. The molecule has 27 heavy (non-hydrogen) atoms. The molecule has 1 fully saturated rings. The highest BCUT2D eigenvalue weighted by molar-refractivity contribution is 7.89. The number of benzene rings is 1. The molecule has 0 unspecified atom stereocenters. The monoisotopic (exact) mass is 407 g/mol. The summed E-state index contributed by atoms with van der Waals surface area (Å²) in [4.78, 5) is 16.9. The van der Waals surface area contributed by atoms with E-state index in [0.29, 0.717) is 36.0 Å². The van der Waals surface area contributed by atoms with E-state index in [4.69, 9.17) is 0 Å². The standard InChI is InChI=1S/C19H25N3O3S2/c1-12-11-13(2)15(4)17(14(12)3)27(24,25)22-8-5-16(6-9-22)18(23)21-19-20-7-10-26-19/h7,10-11,16H,5-6,8-9H2,1-4H3,(H,20,21,23). The number of sulfonamides is 1. The second kappa shape index (κ2) is 7.69. The molecule has 2 aromatic rings. The summed E-state index contributed by atoms with van der Waals surface area (Å²) >= 11 is 1.37. The summed E-state index contributed by atoms with van der Waals surface area (Å²) in [6.07, 6.45) is 2.67. The van der Waals surface area contributed by atoms with E-state index in [1.165, 1.54) is 15.6 Å². The molecule has 1 saturated heterocycles. The average Bonchev–Trinajstić information content (AvgIpc) is 3.13. The van der Waals surface area contributed by atoms with Crippen LogP contribution in [0.2, 0.25) is 0 Å². The largest absolute Gasteiger partial charge is 0.302 e. The molecule has 1 aliphatic heterocycles. The van der Waals surface area contributed by atoms with E-state index in [2.05, 4.69) is 10.3 Å². The van der Waals surface area contributed by atoms with E-state index in [-0.39, 0.29) is 11.8 Å². The van der Waals surface area contributed by atoms with Crippen LogP contribution in [0, 0.1) is 33.6 Å². The molecule has 3 rings (SSSR count). The number of rotatable bonds is 4. The smallest absolute Gasteiger partial charge is 0.243 e. The molecule has 0 radical (unpaired) electrons. The van der Waals surface area contributed by atoms with Crippen molar-refractivity contribution in [1.29, 1.82) is 0 Å². The fourth-order valence-corrected chi connectivity index (χ4v) is 6.13. The van der Waals surface area contributed by atoms with Crippen LogP contribution in [0.1, 0.15) is 35.1 Å². The predicted molar refractivity (Wildman–Crippen MR) is 108 cm³/mol. The highest BCUT2D eigenvalue weighted by atomic mass is 32.2. The summed E-state index contributed by atoms with van der Waals surface area (Å²) < 4.78 is 28.1. The molecule has 1 aliphatic rings. The predicted octanol–water partition coefficient (Wildman–Crippen LogP) is 3.42. The van der Waals surface area contributed by atoms with Gasteiger partial charge < -0.3 is 5.32 Å². The molecule has 8 heteroatoms. The Balaban J connectivity index is 1.75. The van der Waals surface area contributed by atoms with Crippen LogP contribution in [-0.4, -0.2) is 36.7 Å². The molecule has 2 heterocycles. The van der Waals surface area contributed by atoms with Crippen molar-refractivity contribution in [3.05, 3.63) is 39.9 Å². The topological polar surface area (TPSA) is 79.4 Å². The molecule has 1 N–H and O–H groups in total. The second-order valence-corrected chi connectivity index (χ2v) is 9.86. The van der Waals surface area contributed by atoms with Gasteiger partial charge in [-0.1, -0.05) is 6.07 Å². The zero-order valence-corrected chi connectivity index (χ0v) is 17.7. The van der Waals surface area contributed by atoms with E-state index in [1.807, 2.05) is 33.8 Å². The molecule has 0 saturated carbocycles. The fraction of sp³-hybridized carbons (Fsp3) is 0.474. The summed E-state index contributed by atoms with van der Waals surface area (Å²) in [5.41, 5.74) is 3.58. The first-order valence-electron chi connectivity index (χ1n) is 8.99. The van der Waals surface area contributed by atoms with Gasteiger partial charge in [0.1, 0.15) is 0 Å². The Kier molecular flexibility index (Phi) is 5.69. The van der Waals surface area contributed by atoms with Crippen LogP contribution in [0.25, 0.3) is 0 Å². The van der Waals surface area contributed by atoms with Crippen molar-refractivity contribution in [1.82, 2.24) is 9.29 Å². The SMILES string of the molecule is Cc1cc(C)c(C)c(S(=O)(=O)N2CCC(C(=O)Nc3nccs3)CC2)c1C. The molecule has 0 aliphatic carbocycles. The highest BCUT2D eigenvalue weighted by Gasteiger charge is 2.34. The van der Waals surface area contributed by atoms with Crippen molar-refractivity contribution >= 4 is 32.4 Å². The summed E-state index contributed by atoms with van der Waals surface area (Å²) in [6.45, 7) is 8.31. The molecule has 0 bridgehead atoms. The van der Waals surface area contributed by atoms with Gasteiger partial charge in [-0.3, -0.25) is 4.79 Å². The number of carbonyl (C=O) groups excluding carboxylic acids is 1. The quantitative estimate of drug-likeness (QED) is 0.842. The van der Waals surface area contributed by atoms with Gasteiger partial charge in [0.15, 0.2) is 5.13 Å². The number of nitrogens with one attached hydrogen (secondary N) is 1. The minimum atomic E-state index is -3.58. The number of hydrogen-bond donors (Lipinski definition) is 1. The molecule has 1 aromatic heterocycles. The van der Waals surface area contributed by atoms with Gasteiger partial charge in [0, 0.05) is 30.6 Å². The lowest BCUT2D eigenvalue weighted by atomic mass is 9.97. The molecular weight excluding hydrogens is 382 g/mol. The Morgan fingerprint density at radius 3 is 2.26 bits per heavy atom. The van der Waals surface area contributed by atoms with E-state index >= 15 is 0 Å². The lowest BCUT2D eigenvalue weighted by Gasteiger charge is -2.31. The van der Waals surface area contributed by atoms with Gasteiger partial charge in [-0.05, 0) is 62.8 Å². The maximum absolute atomic E-state index is 13.3. The number of aryl methyl sites for hydroxylation is 2. The summed E-state index contributed by atoms with van der Waals surface area (Å²) in [5, 5.41) is 5.20. The Bertz CT molecular complexity index is 919. The zero-order chi connectivity index (χ0) is 19.8. The van der Waals surface area contributed by atoms with Crippen molar-refractivity contribution in [2.45, 2.75) is 45.4 Å². The van der Waals surface area contributed by atoms with Crippen LogP contribution in [0.5, 0.6) is 0 Å². The number of thiazole rings is 1. The van der Waals surface area contributed by atoms with Crippen LogP contribution < -0.4 is 5.32 Å². The van der Waals surface area contributed by atoms with E-state index in [0.717, 1.165) is 22.3 Å². The maximum atomic E-state index is 13.3. The lowest BCUT2D eigenvalue weighted by molar-refractivity contribution is -0.120. The van der Waals surface area contributed by atoms with Gasteiger partial charge >= 0.3 is 0 Å². The number of carbonyl (C=O) groups is 1. The Morgan fingerprint density at radius 2 is 1.74 bits per heavy atom. The van der Waals surface area contributed by atoms with Gasteiger partial charge in [0.05, 0.1) is 4.90 Å². The second-order valence-electron chi connectivity index (χ2n) is 7.09. The Labute approximate surface area is 164 Å². The third kappa shape index (κ3) is 3.93. The van der Waals surface area contributed by atoms with Crippen molar-refractivity contribution in [3.63, 3.8) is 0 Å². The zero-order valence-electron chi connectivity index (χ0n) is 16.1. The van der Waals surface area contributed by atoms with E-state index < -0.39 is 10.0 Å². The number of hydrogen-bond acceptors (Lipinski definition) is 5. The number of aromatic nitrogens is 1. The van der Waals surface area contributed by atoms with Crippen LogP contribution in [0.4, 0.5) is 5.13 Å². The fourth-order valence-electron chi connectivity index (χ4n) is 3.55. The summed E-state index contributed by atoms with van der Waals surface area (Å²) in [5.74, 6) is -0.275. The summed E-state index contributed by atoms with van der Waals surface area (Å²) in [6, 6.07) is 2.03. The number of nitrogens with zero attached hydrogens (tertiary/aromatic N) is 2. The first-order chi connectivity index (χ1) is 12.7. The average molecular weight is 408 g/mol. The van der Waals surface area contributed by atoms with Crippen LogP contribution >= 0.6 is 11.3 Å². The number of anilines is 1. The van der Waals surface area contributed by atoms with E-state index in [1.54, 1.807) is 11.6 Å². The lowest BCUT2D eigenvalue weighted by Crippen LogP contribution is -2.41. The molecule has 0 spiro atoms. The van der Waals surface area contributed by atoms with Crippen molar-refractivity contribution in [2.75, 3.05) is 18.4 Å². The molecular formula is C19H25N3O3S2. The van der Waals surface area contributed by atoms with Gasteiger partial charge in [-0.15, -0.1) is 11.3 Å². The van der Waals surface area contributed by atoms with Gasteiger partial charge in [0.2, 0.25) is 15.9 Å². The number of piperidine rings is 1. The number of amides is 1. The first kappa shape index (κ1) is 20.0. The van der Waals surface area contributed by atoms with Crippen molar-refractivity contribution < 1.29 is 13.2 Å². The molecule has 1 aromatic carbocycles. The molecule has 0 atom stereocenters. The highest BCUT2D eigenvalue weighted by Crippen LogP contribution is 2.31. The van der Waals surface area contributed by atoms with Crippen molar-refractivity contribution in [2.24, 2.45) is 5.92 Å². The maximum Gasteiger partial charge on any atom is 0.243 e. The molecule has 6 nitrogen and oxygen atoms in total. The Hall–Kier alpha value is -1.77. The molecule has 146 valence electrons. The van der Waals surface area contributed by atoms with Crippen LogP contribution in [0.15, 0.2) is 22.5 Å². The van der Waals surface area contributed by atoms with Gasteiger partial charge in [-0.2, -0.15) is 4.31 Å². The van der Waals surface area contributed by atoms with Crippen LogP contribution in [0.3, 0.4) is 0 Å². The third-order valence-corrected chi connectivity index (χ3v) is 8.24.